The van der Waals surface area contributed by atoms with Crippen LogP contribution in [0.25, 0.3) is 0 Å². The minimum absolute atomic E-state index is 0.519. The van der Waals surface area contributed by atoms with Gasteiger partial charge in [-0.3, -0.25) is 0 Å². The average molecular weight is 231 g/mol. The molecule has 0 atom stereocenters. The Kier molecular flexibility index (Phi) is 3.88. The molecule has 2 rings (SSSR count). The lowest BCUT2D eigenvalue weighted by atomic mass is 9.78. The van der Waals surface area contributed by atoms with Crippen LogP contribution in [0.15, 0.2) is 18.2 Å². The molecule has 1 nitrogen and oxygen atoms in total. The van der Waals surface area contributed by atoms with Crippen molar-refractivity contribution in [1.82, 2.24) is 5.32 Å². The summed E-state index contributed by atoms with van der Waals surface area (Å²) in [5.41, 5.74) is 5.04. The van der Waals surface area contributed by atoms with E-state index >= 15 is 0 Å². The predicted molar refractivity (Wildman–Crippen MR) is 74.4 cm³/mol. The predicted octanol–water partition coefficient (Wildman–Crippen LogP) is 3.63. The van der Waals surface area contributed by atoms with E-state index in [1.807, 2.05) is 0 Å². The molecule has 1 aliphatic carbocycles. The summed E-state index contributed by atoms with van der Waals surface area (Å²) >= 11 is 0. The van der Waals surface area contributed by atoms with E-state index in [2.05, 4.69) is 44.4 Å². The molecule has 0 aromatic heterocycles. The van der Waals surface area contributed by atoms with Crippen LogP contribution in [0.1, 0.15) is 42.4 Å². The van der Waals surface area contributed by atoms with Crippen LogP contribution in [-0.4, -0.2) is 13.6 Å². The molecule has 94 valence electrons. The van der Waals surface area contributed by atoms with Crippen LogP contribution in [0.3, 0.4) is 0 Å². The number of aryl methyl sites for hydroxylation is 2. The van der Waals surface area contributed by atoms with Gasteiger partial charge in [0, 0.05) is 6.54 Å². The first-order valence-corrected chi connectivity index (χ1v) is 6.87. The normalized spacial score (nSPS) is 18.5. The van der Waals surface area contributed by atoms with Crippen molar-refractivity contribution >= 4 is 0 Å². The molecule has 0 unspecified atom stereocenters. The second-order valence-electron chi connectivity index (χ2n) is 5.78. The molecule has 0 aliphatic heterocycles. The molecule has 1 aromatic rings. The van der Waals surface area contributed by atoms with E-state index < -0.39 is 0 Å². The quantitative estimate of drug-likeness (QED) is 0.834. The van der Waals surface area contributed by atoms with Gasteiger partial charge in [0.2, 0.25) is 0 Å². The molecule has 1 N–H and O–H groups in total. The summed E-state index contributed by atoms with van der Waals surface area (Å²) in [5.74, 6) is 0. The van der Waals surface area contributed by atoms with Gasteiger partial charge in [-0.25, -0.2) is 0 Å². The lowest BCUT2D eigenvalue weighted by Gasteiger charge is -2.30. The lowest BCUT2D eigenvalue weighted by Crippen LogP contribution is -2.32. The lowest BCUT2D eigenvalue weighted by molar-refractivity contribution is 0.285. The van der Waals surface area contributed by atoms with Gasteiger partial charge < -0.3 is 5.32 Å². The van der Waals surface area contributed by atoms with Crippen LogP contribution >= 0.6 is 0 Å². The van der Waals surface area contributed by atoms with Crippen LogP contribution in [0.5, 0.6) is 0 Å². The van der Waals surface area contributed by atoms with Gasteiger partial charge in [0.1, 0.15) is 0 Å². The Hall–Kier alpha value is -0.820. The van der Waals surface area contributed by atoms with Gasteiger partial charge in [-0.2, -0.15) is 0 Å². The van der Waals surface area contributed by atoms with Crippen molar-refractivity contribution in [2.45, 2.75) is 46.0 Å². The molecule has 1 aromatic carbocycles. The number of nitrogens with one attached hydrogen (secondary N) is 1. The topological polar surface area (TPSA) is 12.0 Å². The summed E-state index contributed by atoms with van der Waals surface area (Å²) in [6.45, 7) is 5.68. The molecule has 1 saturated carbocycles. The highest BCUT2D eigenvalue weighted by molar-refractivity contribution is 5.34. The maximum Gasteiger partial charge on any atom is 0.000800 e. The van der Waals surface area contributed by atoms with Crippen molar-refractivity contribution in [3.8, 4) is 0 Å². The fraction of sp³-hybridized carbons (Fsp3) is 0.625. The van der Waals surface area contributed by atoms with Gasteiger partial charge >= 0.3 is 0 Å². The molecule has 1 heteroatoms. The third-order valence-electron chi connectivity index (χ3n) is 4.41. The largest absolute Gasteiger partial charge is 0.319 e. The maximum atomic E-state index is 3.41. The first-order chi connectivity index (χ1) is 8.17. The zero-order chi connectivity index (χ0) is 12.3. The zero-order valence-electron chi connectivity index (χ0n) is 11.5. The van der Waals surface area contributed by atoms with Crippen LogP contribution < -0.4 is 5.32 Å². The van der Waals surface area contributed by atoms with Crippen molar-refractivity contribution in [2.75, 3.05) is 13.6 Å². The monoisotopic (exact) mass is 231 g/mol. The Labute approximate surface area is 106 Å². The van der Waals surface area contributed by atoms with E-state index in [4.69, 9.17) is 0 Å². The van der Waals surface area contributed by atoms with Crippen molar-refractivity contribution < 1.29 is 0 Å². The van der Waals surface area contributed by atoms with Crippen LogP contribution in [0, 0.1) is 19.3 Å². The number of benzene rings is 1. The van der Waals surface area contributed by atoms with E-state index in [1.54, 1.807) is 5.56 Å². The molecule has 1 aliphatic rings. The van der Waals surface area contributed by atoms with Gasteiger partial charge in [0.05, 0.1) is 0 Å². The minimum atomic E-state index is 0.519. The molecule has 17 heavy (non-hydrogen) atoms. The summed E-state index contributed by atoms with van der Waals surface area (Å²) in [4.78, 5) is 0. The Bertz CT molecular complexity index is 355. The van der Waals surface area contributed by atoms with Crippen molar-refractivity contribution in [2.24, 2.45) is 5.41 Å². The van der Waals surface area contributed by atoms with Gasteiger partial charge in [0.25, 0.3) is 0 Å². The SMILES string of the molecule is CNCC1(Cc2c(C)cccc2C)CCCC1. The maximum absolute atomic E-state index is 3.41. The molecule has 1 fully saturated rings. The summed E-state index contributed by atoms with van der Waals surface area (Å²) in [7, 11) is 2.09. The third-order valence-corrected chi connectivity index (χ3v) is 4.41. The Morgan fingerprint density at radius 1 is 1.12 bits per heavy atom. The highest BCUT2D eigenvalue weighted by atomic mass is 14.8. The number of hydrogen-bond acceptors (Lipinski definition) is 1. The van der Waals surface area contributed by atoms with Gasteiger partial charge in [-0.05, 0) is 62.3 Å². The third kappa shape index (κ3) is 2.71. The summed E-state index contributed by atoms with van der Waals surface area (Å²) in [6.07, 6.45) is 6.86. The van der Waals surface area contributed by atoms with Crippen LogP contribution in [0.4, 0.5) is 0 Å². The van der Waals surface area contributed by atoms with Gasteiger partial charge in [-0.15, -0.1) is 0 Å². The van der Waals surface area contributed by atoms with Gasteiger partial charge in [0.15, 0.2) is 0 Å². The van der Waals surface area contributed by atoms with Crippen molar-refractivity contribution in [3.05, 3.63) is 34.9 Å². The van der Waals surface area contributed by atoms with Crippen molar-refractivity contribution in [1.29, 1.82) is 0 Å². The van der Waals surface area contributed by atoms with Crippen LogP contribution in [-0.2, 0) is 6.42 Å². The molecule has 0 spiro atoms. The fourth-order valence-corrected chi connectivity index (χ4v) is 3.42. The first kappa shape index (κ1) is 12.6. The number of hydrogen-bond donors (Lipinski definition) is 1. The zero-order valence-corrected chi connectivity index (χ0v) is 11.5. The smallest absolute Gasteiger partial charge is 0.000800 e. The summed E-state index contributed by atoms with van der Waals surface area (Å²) in [5, 5.41) is 3.41. The van der Waals surface area contributed by atoms with E-state index in [1.165, 1.54) is 49.8 Å². The van der Waals surface area contributed by atoms with E-state index in [9.17, 15) is 0 Å². The summed E-state index contributed by atoms with van der Waals surface area (Å²) in [6, 6.07) is 6.68. The molecule has 0 saturated heterocycles. The van der Waals surface area contributed by atoms with Crippen LogP contribution in [0.2, 0.25) is 0 Å². The van der Waals surface area contributed by atoms with E-state index in [0.29, 0.717) is 5.41 Å². The second kappa shape index (κ2) is 5.22. The highest BCUT2D eigenvalue weighted by Gasteiger charge is 2.33. The molecule has 0 amide bonds. The molecule has 0 radical (unpaired) electrons. The van der Waals surface area contributed by atoms with Crippen molar-refractivity contribution in [3.63, 3.8) is 0 Å². The molecular formula is C16H25N. The Morgan fingerprint density at radius 2 is 1.71 bits per heavy atom. The highest BCUT2D eigenvalue weighted by Crippen LogP contribution is 2.41. The van der Waals surface area contributed by atoms with E-state index in [-0.39, 0.29) is 0 Å². The summed E-state index contributed by atoms with van der Waals surface area (Å²) < 4.78 is 0. The average Bonchev–Trinajstić information content (AvgIpc) is 2.73. The molecule has 0 bridgehead atoms. The Morgan fingerprint density at radius 3 is 2.24 bits per heavy atom. The fourth-order valence-electron chi connectivity index (χ4n) is 3.42. The number of rotatable bonds is 4. The second-order valence-corrected chi connectivity index (χ2v) is 5.78. The standard InChI is InChI=1S/C16H25N/c1-13-7-6-8-14(2)15(13)11-16(12-17-3)9-4-5-10-16/h6-8,17H,4-5,9-12H2,1-3H3. The van der Waals surface area contributed by atoms with E-state index in [0.717, 1.165) is 0 Å². The van der Waals surface area contributed by atoms with Gasteiger partial charge in [-0.1, -0.05) is 31.0 Å². The first-order valence-electron chi connectivity index (χ1n) is 6.87. The Balaban J connectivity index is 2.23. The molecular weight excluding hydrogens is 206 g/mol. The molecule has 0 heterocycles. The minimum Gasteiger partial charge on any atom is -0.319 e.